The Labute approximate surface area is 243 Å². The normalized spacial score (nSPS) is 11.3. The van der Waals surface area contributed by atoms with Crippen LogP contribution in [0.15, 0.2) is 135 Å². The quantitative estimate of drug-likeness (QED) is 0.197. The van der Waals surface area contributed by atoms with Gasteiger partial charge in [-0.1, -0.05) is 116 Å². The Balaban J connectivity index is 1.78. The second kappa shape index (κ2) is 10.9. The van der Waals surface area contributed by atoms with Gasteiger partial charge < -0.3 is 4.57 Å². The van der Waals surface area contributed by atoms with Crippen LogP contribution in [0.3, 0.4) is 0 Å². The Morgan fingerprint density at radius 3 is 1.64 bits per heavy atom. The molecule has 6 aromatic rings. The Hall–Kier alpha value is -5.97. The fourth-order valence-electron chi connectivity index (χ4n) is 5.55. The van der Waals surface area contributed by atoms with E-state index in [0.29, 0.717) is 16.8 Å². The summed E-state index contributed by atoms with van der Waals surface area (Å²) in [5.41, 5.74) is 6.48. The number of allylic oxidation sites excluding steroid dienone is 4. The number of aromatic nitrogens is 1. The van der Waals surface area contributed by atoms with Crippen molar-refractivity contribution in [1.82, 2.24) is 4.57 Å². The summed E-state index contributed by atoms with van der Waals surface area (Å²) in [5.74, 6) is -0.863. The molecule has 0 bridgehead atoms. The third kappa shape index (κ3) is 4.29. The van der Waals surface area contributed by atoms with Gasteiger partial charge in [-0.3, -0.25) is 0 Å². The molecule has 42 heavy (non-hydrogen) atoms. The van der Waals surface area contributed by atoms with Gasteiger partial charge in [0, 0.05) is 16.3 Å². The number of nitriles is 2. The number of benzene rings is 5. The summed E-state index contributed by atoms with van der Waals surface area (Å²) >= 11 is 0. The van der Waals surface area contributed by atoms with Crippen molar-refractivity contribution in [3.63, 3.8) is 0 Å². The molecule has 1 heterocycles. The van der Waals surface area contributed by atoms with E-state index >= 15 is 4.39 Å². The molecular weight excluding hydrogens is 517 g/mol. The molecule has 0 N–H and O–H groups in total. The SMILES string of the molecule is C=C/C=C(\C=C)c1cc(-n2c3cc(-c4ccccc4)ccc3c3ccc(-c4ccccc4)cc32)c(C#N)c(F)c1C#N. The lowest BCUT2D eigenvalue weighted by Crippen LogP contribution is -2.05. The van der Waals surface area contributed by atoms with E-state index in [9.17, 15) is 10.5 Å². The highest BCUT2D eigenvalue weighted by Crippen LogP contribution is 2.39. The third-order valence-corrected chi connectivity index (χ3v) is 7.52. The molecule has 1 aromatic heterocycles. The zero-order valence-electron chi connectivity index (χ0n) is 22.7. The Morgan fingerprint density at radius 2 is 1.19 bits per heavy atom. The van der Waals surface area contributed by atoms with Gasteiger partial charge >= 0.3 is 0 Å². The molecule has 0 unspecified atom stereocenters. The van der Waals surface area contributed by atoms with E-state index < -0.39 is 5.82 Å². The number of fused-ring (bicyclic) bond motifs is 3. The van der Waals surface area contributed by atoms with Crippen molar-refractivity contribution in [2.45, 2.75) is 0 Å². The molecule has 0 saturated heterocycles. The predicted octanol–water partition coefficient (Wildman–Crippen LogP) is 9.76. The van der Waals surface area contributed by atoms with Crippen molar-refractivity contribution in [3.8, 4) is 40.1 Å². The zero-order valence-corrected chi connectivity index (χ0v) is 22.7. The van der Waals surface area contributed by atoms with E-state index in [1.807, 2.05) is 71.3 Å². The summed E-state index contributed by atoms with van der Waals surface area (Å²) in [6.07, 6.45) is 4.79. The molecule has 0 aliphatic heterocycles. The van der Waals surface area contributed by atoms with E-state index in [2.05, 4.69) is 55.6 Å². The molecule has 0 atom stereocenters. The number of hydrogen-bond donors (Lipinski definition) is 0. The van der Waals surface area contributed by atoms with E-state index in [1.165, 1.54) is 0 Å². The summed E-state index contributed by atoms with van der Waals surface area (Å²) in [5, 5.41) is 22.1. The summed E-state index contributed by atoms with van der Waals surface area (Å²) in [6, 6.07) is 38.2. The topological polar surface area (TPSA) is 52.5 Å². The molecule has 0 radical (unpaired) electrons. The van der Waals surface area contributed by atoms with E-state index in [1.54, 1.807) is 24.3 Å². The van der Waals surface area contributed by atoms with Gasteiger partial charge in [0.15, 0.2) is 5.82 Å². The van der Waals surface area contributed by atoms with Crippen LogP contribution < -0.4 is 0 Å². The van der Waals surface area contributed by atoms with Gasteiger partial charge in [0.25, 0.3) is 0 Å². The summed E-state index contributed by atoms with van der Waals surface area (Å²) < 4.78 is 18.0. The first-order chi connectivity index (χ1) is 20.6. The van der Waals surface area contributed by atoms with Gasteiger partial charge in [0.1, 0.15) is 17.7 Å². The first-order valence-corrected chi connectivity index (χ1v) is 13.4. The van der Waals surface area contributed by atoms with Crippen molar-refractivity contribution < 1.29 is 4.39 Å². The second-order valence-corrected chi connectivity index (χ2v) is 9.82. The molecule has 4 heteroatoms. The van der Waals surface area contributed by atoms with Crippen LogP contribution in [-0.4, -0.2) is 4.57 Å². The van der Waals surface area contributed by atoms with Crippen LogP contribution in [0.2, 0.25) is 0 Å². The van der Waals surface area contributed by atoms with Gasteiger partial charge in [-0.15, -0.1) is 0 Å². The van der Waals surface area contributed by atoms with Crippen LogP contribution in [0.4, 0.5) is 4.39 Å². The monoisotopic (exact) mass is 541 g/mol. The molecule has 6 rings (SSSR count). The molecule has 198 valence electrons. The van der Waals surface area contributed by atoms with Crippen LogP contribution in [-0.2, 0) is 0 Å². The average Bonchev–Trinajstić information content (AvgIpc) is 3.36. The molecule has 0 saturated carbocycles. The molecule has 3 nitrogen and oxygen atoms in total. The maximum absolute atomic E-state index is 16.1. The van der Waals surface area contributed by atoms with Gasteiger partial charge in [-0.2, -0.15) is 10.5 Å². The molecule has 0 amide bonds. The van der Waals surface area contributed by atoms with E-state index in [4.69, 9.17) is 0 Å². The van der Waals surface area contributed by atoms with Crippen molar-refractivity contribution >= 4 is 27.4 Å². The summed E-state index contributed by atoms with van der Waals surface area (Å²) in [6.45, 7) is 7.62. The van der Waals surface area contributed by atoms with Gasteiger partial charge in [0.2, 0.25) is 0 Å². The Kier molecular flexibility index (Phi) is 6.81. The van der Waals surface area contributed by atoms with Crippen molar-refractivity contribution in [2.24, 2.45) is 0 Å². The van der Waals surface area contributed by atoms with Gasteiger partial charge in [-0.25, -0.2) is 4.39 Å². The van der Waals surface area contributed by atoms with Crippen LogP contribution in [0.1, 0.15) is 16.7 Å². The highest BCUT2D eigenvalue weighted by molar-refractivity contribution is 6.11. The Morgan fingerprint density at radius 1 is 0.667 bits per heavy atom. The second-order valence-electron chi connectivity index (χ2n) is 9.82. The van der Waals surface area contributed by atoms with E-state index in [-0.39, 0.29) is 11.1 Å². The minimum absolute atomic E-state index is 0.202. The van der Waals surface area contributed by atoms with Crippen LogP contribution >= 0.6 is 0 Å². The van der Waals surface area contributed by atoms with Crippen LogP contribution in [0.5, 0.6) is 0 Å². The lowest BCUT2D eigenvalue weighted by Gasteiger charge is -2.16. The van der Waals surface area contributed by atoms with Crippen LogP contribution in [0, 0.1) is 28.5 Å². The molecule has 0 spiro atoms. The molecule has 0 aliphatic rings. The minimum Gasteiger partial charge on any atom is -0.308 e. The highest BCUT2D eigenvalue weighted by Gasteiger charge is 2.24. The smallest absolute Gasteiger partial charge is 0.161 e. The van der Waals surface area contributed by atoms with Crippen molar-refractivity contribution in [3.05, 3.63) is 157 Å². The summed E-state index contributed by atoms with van der Waals surface area (Å²) in [4.78, 5) is 0. The maximum Gasteiger partial charge on any atom is 0.161 e. The Bertz CT molecular complexity index is 2040. The number of rotatable bonds is 6. The largest absolute Gasteiger partial charge is 0.308 e. The van der Waals surface area contributed by atoms with Crippen molar-refractivity contribution in [1.29, 1.82) is 10.5 Å². The van der Waals surface area contributed by atoms with Crippen molar-refractivity contribution in [2.75, 3.05) is 0 Å². The lowest BCUT2D eigenvalue weighted by atomic mass is 9.95. The van der Waals surface area contributed by atoms with Crippen LogP contribution in [0.25, 0.3) is 55.3 Å². The first kappa shape index (κ1) is 26.3. The zero-order chi connectivity index (χ0) is 29.2. The number of halogens is 1. The molecule has 5 aromatic carbocycles. The average molecular weight is 542 g/mol. The first-order valence-electron chi connectivity index (χ1n) is 13.4. The fourth-order valence-corrected chi connectivity index (χ4v) is 5.55. The lowest BCUT2D eigenvalue weighted by molar-refractivity contribution is 0.618. The van der Waals surface area contributed by atoms with Gasteiger partial charge in [-0.05, 0) is 46.0 Å². The maximum atomic E-state index is 16.1. The predicted molar refractivity (Wildman–Crippen MR) is 169 cm³/mol. The number of nitrogens with zero attached hydrogens (tertiary/aromatic N) is 3. The van der Waals surface area contributed by atoms with Gasteiger partial charge in [0.05, 0.1) is 22.3 Å². The summed E-state index contributed by atoms with van der Waals surface area (Å²) in [7, 11) is 0. The molecule has 0 aliphatic carbocycles. The number of hydrogen-bond acceptors (Lipinski definition) is 2. The minimum atomic E-state index is -0.863. The molecular formula is C38H24FN3. The standard InChI is InChI=1S/C38H24FN3/c1-3-11-25(4-2)32-22-37(34(24-41)38(39)33(32)23-40)42-35-20-28(26-12-7-5-8-13-26)16-18-30(35)31-19-17-29(21-36(31)42)27-14-9-6-10-15-27/h3-22H,1-2H2/b25-11+. The molecule has 0 fully saturated rings. The fraction of sp³-hybridized carbons (Fsp3) is 0. The third-order valence-electron chi connectivity index (χ3n) is 7.52. The highest BCUT2D eigenvalue weighted by atomic mass is 19.1. The van der Waals surface area contributed by atoms with E-state index in [0.717, 1.165) is 44.1 Å².